The number of hydrogen-bond donors (Lipinski definition) is 2. The molecule has 0 radical (unpaired) electrons. The zero-order valence-electron chi connectivity index (χ0n) is 13.6. The van der Waals surface area contributed by atoms with E-state index in [0.29, 0.717) is 23.5 Å². The molecule has 126 valence electrons. The molecule has 0 fully saturated rings. The topological polar surface area (TPSA) is 85.9 Å². The van der Waals surface area contributed by atoms with Crippen molar-refractivity contribution in [1.82, 2.24) is 0 Å². The average Bonchev–Trinajstić information content (AvgIpc) is 2.55. The van der Waals surface area contributed by atoms with Gasteiger partial charge < -0.3 is 15.0 Å². The van der Waals surface area contributed by atoms with Crippen LogP contribution >= 0.6 is 0 Å². The molecular formula is C17H20N3O4+. The minimum atomic E-state index is -0.403. The van der Waals surface area contributed by atoms with E-state index in [2.05, 4.69) is 5.32 Å². The van der Waals surface area contributed by atoms with Crippen molar-refractivity contribution in [2.45, 2.75) is 6.54 Å². The highest BCUT2D eigenvalue weighted by atomic mass is 16.6. The number of amides is 1. The SMILES string of the molecule is COc1ccc(NC(=O)C[NH+](C)Cc2ccccc2[N+](=O)[O-])cc1. The predicted molar refractivity (Wildman–Crippen MR) is 90.2 cm³/mol. The summed E-state index contributed by atoms with van der Waals surface area (Å²) in [5.74, 6) is 0.559. The van der Waals surface area contributed by atoms with E-state index in [9.17, 15) is 14.9 Å². The number of para-hydroxylation sites is 1. The molecule has 0 aliphatic carbocycles. The number of hydrogen-bond acceptors (Lipinski definition) is 4. The largest absolute Gasteiger partial charge is 0.497 e. The number of ether oxygens (including phenoxy) is 1. The lowest BCUT2D eigenvalue weighted by atomic mass is 10.1. The molecule has 1 unspecified atom stereocenters. The van der Waals surface area contributed by atoms with Crippen molar-refractivity contribution in [2.24, 2.45) is 0 Å². The number of methoxy groups -OCH3 is 1. The van der Waals surface area contributed by atoms with Crippen molar-refractivity contribution in [2.75, 3.05) is 26.0 Å². The molecule has 1 amide bonds. The lowest BCUT2D eigenvalue weighted by Crippen LogP contribution is -3.08. The summed E-state index contributed by atoms with van der Waals surface area (Å²) in [7, 11) is 3.40. The fourth-order valence-electron chi connectivity index (χ4n) is 2.38. The third-order valence-corrected chi connectivity index (χ3v) is 3.52. The lowest BCUT2D eigenvalue weighted by molar-refractivity contribution is -0.885. The molecule has 0 heterocycles. The van der Waals surface area contributed by atoms with E-state index in [1.54, 1.807) is 49.6 Å². The molecular weight excluding hydrogens is 310 g/mol. The second-order valence-electron chi connectivity index (χ2n) is 5.47. The summed E-state index contributed by atoms with van der Waals surface area (Å²) in [4.78, 5) is 23.6. The van der Waals surface area contributed by atoms with Gasteiger partial charge in [-0.2, -0.15) is 0 Å². The Hall–Kier alpha value is -2.93. The quantitative estimate of drug-likeness (QED) is 0.591. The minimum Gasteiger partial charge on any atom is -0.497 e. The van der Waals surface area contributed by atoms with E-state index in [1.807, 2.05) is 7.05 Å². The second kappa shape index (κ2) is 8.07. The first-order valence-corrected chi connectivity index (χ1v) is 7.47. The van der Waals surface area contributed by atoms with Crippen molar-refractivity contribution in [3.8, 4) is 5.75 Å². The smallest absolute Gasteiger partial charge is 0.279 e. The van der Waals surface area contributed by atoms with Crippen molar-refractivity contribution < 1.29 is 19.4 Å². The summed E-state index contributed by atoms with van der Waals surface area (Å²) < 4.78 is 5.06. The number of nitrogens with zero attached hydrogens (tertiary/aromatic N) is 1. The number of likely N-dealkylation sites (N-methyl/N-ethyl adjacent to an activating group) is 1. The van der Waals surface area contributed by atoms with Crippen LogP contribution in [0.1, 0.15) is 5.56 Å². The maximum atomic E-state index is 12.1. The zero-order chi connectivity index (χ0) is 17.5. The number of rotatable bonds is 7. The van der Waals surface area contributed by atoms with Gasteiger partial charge in [-0.15, -0.1) is 0 Å². The van der Waals surface area contributed by atoms with E-state index >= 15 is 0 Å². The number of nitro groups is 1. The van der Waals surface area contributed by atoms with Crippen LogP contribution in [0.4, 0.5) is 11.4 Å². The summed E-state index contributed by atoms with van der Waals surface area (Å²) >= 11 is 0. The molecule has 0 aromatic heterocycles. The molecule has 24 heavy (non-hydrogen) atoms. The normalized spacial score (nSPS) is 11.6. The molecule has 0 spiro atoms. The molecule has 0 bridgehead atoms. The number of nitro benzene ring substituents is 1. The van der Waals surface area contributed by atoms with Crippen LogP contribution in [0, 0.1) is 10.1 Å². The number of carbonyl (C=O) groups excluding carboxylic acids is 1. The van der Waals surface area contributed by atoms with Crippen molar-refractivity contribution in [3.05, 3.63) is 64.2 Å². The van der Waals surface area contributed by atoms with Crippen LogP contribution in [0.5, 0.6) is 5.75 Å². The van der Waals surface area contributed by atoms with E-state index in [0.717, 1.165) is 4.90 Å². The van der Waals surface area contributed by atoms with Gasteiger partial charge >= 0.3 is 0 Å². The Bertz CT molecular complexity index is 716. The lowest BCUT2D eigenvalue weighted by Gasteiger charge is -2.14. The van der Waals surface area contributed by atoms with Crippen molar-refractivity contribution >= 4 is 17.3 Å². The molecule has 1 atom stereocenters. The van der Waals surface area contributed by atoms with Crippen LogP contribution in [0.2, 0.25) is 0 Å². The average molecular weight is 330 g/mol. The monoisotopic (exact) mass is 330 g/mol. The van der Waals surface area contributed by atoms with Gasteiger partial charge in [0.1, 0.15) is 12.3 Å². The Kier molecular flexibility index (Phi) is 5.86. The molecule has 0 aliphatic heterocycles. The molecule has 2 aromatic rings. The van der Waals surface area contributed by atoms with Crippen LogP contribution in [0.3, 0.4) is 0 Å². The molecule has 7 nitrogen and oxygen atoms in total. The number of quaternary nitrogens is 1. The number of benzene rings is 2. The van der Waals surface area contributed by atoms with E-state index in [1.165, 1.54) is 6.07 Å². The van der Waals surface area contributed by atoms with Crippen LogP contribution in [-0.2, 0) is 11.3 Å². The maximum absolute atomic E-state index is 12.1. The van der Waals surface area contributed by atoms with Gasteiger partial charge in [0, 0.05) is 11.8 Å². The molecule has 2 rings (SSSR count). The first-order chi connectivity index (χ1) is 11.5. The minimum absolute atomic E-state index is 0.0763. The van der Waals surface area contributed by atoms with Crippen LogP contribution in [0.25, 0.3) is 0 Å². The third kappa shape index (κ3) is 4.79. The van der Waals surface area contributed by atoms with Gasteiger partial charge in [0.2, 0.25) is 0 Å². The van der Waals surface area contributed by atoms with E-state index in [4.69, 9.17) is 4.74 Å². The van der Waals surface area contributed by atoms with Gasteiger partial charge in [-0.05, 0) is 30.3 Å². The third-order valence-electron chi connectivity index (χ3n) is 3.52. The fourth-order valence-corrected chi connectivity index (χ4v) is 2.38. The summed E-state index contributed by atoms with van der Waals surface area (Å²) in [5, 5.41) is 13.8. The Morgan fingerprint density at radius 1 is 1.21 bits per heavy atom. The van der Waals surface area contributed by atoms with Gasteiger partial charge in [0.25, 0.3) is 11.6 Å². The van der Waals surface area contributed by atoms with Crippen molar-refractivity contribution in [3.63, 3.8) is 0 Å². The summed E-state index contributed by atoms with van der Waals surface area (Å²) in [5.41, 5.74) is 1.36. The first kappa shape index (κ1) is 17.4. The molecule has 7 heteroatoms. The summed E-state index contributed by atoms with van der Waals surface area (Å²) in [6.07, 6.45) is 0. The van der Waals surface area contributed by atoms with E-state index < -0.39 is 4.92 Å². The van der Waals surface area contributed by atoms with Crippen LogP contribution < -0.4 is 15.0 Å². The van der Waals surface area contributed by atoms with Crippen molar-refractivity contribution in [1.29, 1.82) is 0 Å². The number of carbonyl (C=O) groups is 1. The zero-order valence-corrected chi connectivity index (χ0v) is 13.6. The Labute approximate surface area is 140 Å². The molecule has 2 aromatic carbocycles. The Morgan fingerprint density at radius 3 is 2.50 bits per heavy atom. The fraction of sp³-hybridized carbons (Fsp3) is 0.235. The molecule has 0 aliphatic rings. The van der Waals surface area contributed by atoms with Crippen LogP contribution in [0.15, 0.2) is 48.5 Å². The maximum Gasteiger partial charge on any atom is 0.279 e. The molecule has 2 N–H and O–H groups in total. The Balaban J connectivity index is 1.93. The number of anilines is 1. The molecule has 0 saturated heterocycles. The summed E-state index contributed by atoms with van der Waals surface area (Å²) in [6.45, 7) is 0.602. The van der Waals surface area contributed by atoms with Gasteiger partial charge in [0.05, 0.1) is 24.6 Å². The van der Waals surface area contributed by atoms with Crippen LogP contribution in [-0.4, -0.2) is 31.5 Å². The predicted octanol–water partition coefficient (Wildman–Crippen LogP) is 1.26. The Morgan fingerprint density at radius 2 is 1.88 bits per heavy atom. The standard InChI is InChI=1S/C17H19N3O4/c1-19(11-13-5-3-4-6-16(13)20(22)23)12-17(21)18-14-7-9-15(24-2)10-8-14/h3-10H,11-12H2,1-2H3,(H,18,21)/p+1. The first-order valence-electron chi connectivity index (χ1n) is 7.47. The molecule has 0 saturated carbocycles. The highest BCUT2D eigenvalue weighted by Crippen LogP contribution is 2.16. The highest BCUT2D eigenvalue weighted by molar-refractivity contribution is 5.91. The van der Waals surface area contributed by atoms with Gasteiger partial charge in [-0.1, -0.05) is 12.1 Å². The van der Waals surface area contributed by atoms with Gasteiger partial charge in [0.15, 0.2) is 6.54 Å². The number of nitrogens with one attached hydrogen (secondary N) is 2. The van der Waals surface area contributed by atoms with Gasteiger partial charge in [-0.3, -0.25) is 14.9 Å². The highest BCUT2D eigenvalue weighted by Gasteiger charge is 2.18. The van der Waals surface area contributed by atoms with Gasteiger partial charge in [-0.25, -0.2) is 0 Å². The summed E-state index contributed by atoms with van der Waals surface area (Å²) in [6, 6.07) is 13.6. The van der Waals surface area contributed by atoms with E-state index in [-0.39, 0.29) is 18.1 Å². The second-order valence-corrected chi connectivity index (χ2v) is 5.47.